The van der Waals surface area contributed by atoms with E-state index in [1.54, 1.807) is 19.1 Å². The number of likely N-dealkylation sites (tertiary alicyclic amines) is 1. The van der Waals surface area contributed by atoms with Gasteiger partial charge in [-0.25, -0.2) is 8.78 Å². The van der Waals surface area contributed by atoms with Gasteiger partial charge in [0.05, 0.1) is 18.9 Å². The molecule has 1 saturated heterocycles. The van der Waals surface area contributed by atoms with Crippen LogP contribution < -0.4 is 0 Å². The van der Waals surface area contributed by atoms with Gasteiger partial charge in [0, 0.05) is 48.7 Å². The van der Waals surface area contributed by atoms with E-state index in [0.29, 0.717) is 43.2 Å². The van der Waals surface area contributed by atoms with E-state index in [0.717, 1.165) is 22.8 Å². The maximum absolute atomic E-state index is 14.8. The lowest BCUT2D eigenvalue weighted by Crippen LogP contribution is -2.43. The van der Waals surface area contributed by atoms with Crippen LogP contribution in [0.5, 0.6) is 0 Å². The first-order chi connectivity index (χ1) is 17.9. The molecule has 2 aliphatic rings. The molecule has 0 radical (unpaired) electrons. The van der Waals surface area contributed by atoms with Crippen LogP contribution in [0.15, 0.2) is 42.5 Å². The van der Waals surface area contributed by atoms with E-state index in [2.05, 4.69) is 25.7 Å². The predicted molar refractivity (Wildman–Crippen MR) is 145 cm³/mol. The zero-order valence-corrected chi connectivity index (χ0v) is 23.3. The Morgan fingerprint density at radius 3 is 2.45 bits per heavy atom. The van der Waals surface area contributed by atoms with Crippen LogP contribution in [0.1, 0.15) is 62.6 Å². The topological polar surface area (TPSA) is 49.9 Å². The van der Waals surface area contributed by atoms with Crippen molar-refractivity contribution in [1.29, 1.82) is 0 Å². The highest BCUT2D eigenvalue weighted by molar-refractivity contribution is 6.30. The summed E-state index contributed by atoms with van der Waals surface area (Å²) in [4.78, 5) is 30.1. The molecule has 5 nitrogen and oxygen atoms in total. The molecule has 2 aliphatic heterocycles. The minimum Gasteiger partial charge on any atom is -0.469 e. The molecule has 2 aromatic carbocycles. The van der Waals surface area contributed by atoms with Gasteiger partial charge in [0.25, 0.3) is 0 Å². The van der Waals surface area contributed by atoms with E-state index in [4.69, 9.17) is 16.3 Å². The third kappa shape index (κ3) is 5.79. The van der Waals surface area contributed by atoms with E-state index < -0.39 is 23.5 Å². The van der Waals surface area contributed by atoms with Crippen LogP contribution in [0.2, 0.25) is 5.02 Å². The summed E-state index contributed by atoms with van der Waals surface area (Å²) in [6, 6.07) is 9.12. The van der Waals surface area contributed by atoms with Gasteiger partial charge >= 0.3 is 5.97 Å². The Morgan fingerprint density at radius 2 is 1.84 bits per heavy atom. The van der Waals surface area contributed by atoms with Gasteiger partial charge in [0.15, 0.2) is 0 Å². The Hall–Kier alpha value is -2.77. The molecule has 0 saturated carbocycles. The normalized spacial score (nSPS) is 21.3. The van der Waals surface area contributed by atoms with Crippen LogP contribution in [0.25, 0.3) is 5.57 Å². The van der Waals surface area contributed by atoms with Crippen LogP contribution in [0.4, 0.5) is 8.78 Å². The van der Waals surface area contributed by atoms with Gasteiger partial charge in [0.1, 0.15) is 11.6 Å². The van der Waals surface area contributed by atoms with Crippen molar-refractivity contribution >= 4 is 29.1 Å². The number of carbonyl (C=O) groups is 2. The Bertz CT molecular complexity index is 1260. The average Bonchev–Trinajstić information content (AvgIpc) is 3.33. The molecule has 0 aliphatic carbocycles. The maximum atomic E-state index is 14.8. The number of ether oxygens (including phenoxy) is 1. The molecule has 1 amide bonds. The molecule has 8 heteroatoms. The molecule has 0 bridgehead atoms. The van der Waals surface area contributed by atoms with Gasteiger partial charge < -0.3 is 9.64 Å². The fourth-order valence-electron chi connectivity index (χ4n) is 5.56. The Balaban J connectivity index is 1.58. The first-order valence-corrected chi connectivity index (χ1v) is 13.3. The van der Waals surface area contributed by atoms with Crippen molar-refractivity contribution in [1.82, 2.24) is 9.80 Å². The fourth-order valence-corrected chi connectivity index (χ4v) is 5.74. The minimum atomic E-state index is -0.628. The number of hydrogen-bond acceptors (Lipinski definition) is 4. The number of amides is 1. The van der Waals surface area contributed by atoms with Gasteiger partial charge in [-0.15, -0.1) is 0 Å². The van der Waals surface area contributed by atoms with Crippen LogP contribution in [-0.2, 0) is 14.3 Å². The average molecular weight is 545 g/mol. The molecule has 38 heavy (non-hydrogen) atoms. The number of nitrogens with zero attached hydrogens (tertiary/aromatic N) is 2. The lowest BCUT2D eigenvalue weighted by Gasteiger charge is -2.33. The summed E-state index contributed by atoms with van der Waals surface area (Å²) in [6.07, 6.45) is 2.63. The zero-order valence-electron chi connectivity index (χ0n) is 22.6. The SMILES string of the molecule is COC(=O)C(C)c1cc(Cl)ccc1C1=CCN(C(=O)[C@@H]2CN(C(C)(C)C)CC2c2ccc(F)cc2F)CC1. The quantitative estimate of drug-likeness (QED) is 0.432. The first-order valence-electron chi connectivity index (χ1n) is 13.0. The van der Waals surface area contributed by atoms with E-state index in [-0.39, 0.29) is 23.3 Å². The molecule has 1 fully saturated rings. The standard InChI is InChI=1S/C30H35ClF2N2O3/c1-18(29(37)38-5)24-14-20(31)6-8-22(24)19-10-12-34(13-11-19)28(36)26-17-35(30(2,3)4)16-25(26)23-9-7-21(32)15-27(23)33/h6-10,14-15,18,25-26H,11-13,16-17H2,1-5H3/t18?,25?,26-/m1/s1. The zero-order chi connectivity index (χ0) is 27.8. The van der Waals surface area contributed by atoms with Gasteiger partial charge in [-0.3, -0.25) is 14.5 Å². The van der Waals surface area contributed by atoms with Gasteiger partial charge in [-0.1, -0.05) is 29.8 Å². The van der Waals surface area contributed by atoms with Crippen molar-refractivity contribution in [2.45, 2.75) is 51.5 Å². The molecular formula is C30H35ClF2N2O3. The Morgan fingerprint density at radius 1 is 1.11 bits per heavy atom. The van der Waals surface area contributed by atoms with Crippen molar-refractivity contribution in [3.8, 4) is 0 Å². The van der Waals surface area contributed by atoms with Crippen molar-refractivity contribution in [3.05, 3.63) is 75.8 Å². The number of methoxy groups -OCH3 is 1. The van der Waals surface area contributed by atoms with E-state index in [1.807, 2.05) is 17.0 Å². The van der Waals surface area contributed by atoms with Crippen LogP contribution in [0, 0.1) is 17.6 Å². The third-order valence-electron chi connectivity index (χ3n) is 7.85. The summed E-state index contributed by atoms with van der Waals surface area (Å²) in [5, 5.41) is 0.538. The minimum absolute atomic E-state index is 0.0277. The lowest BCUT2D eigenvalue weighted by atomic mass is 9.86. The molecule has 0 spiro atoms. The number of carbonyl (C=O) groups excluding carboxylic acids is 2. The summed E-state index contributed by atoms with van der Waals surface area (Å²) < 4.78 is 33.4. The van der Waals surface area contributed by atoms with Crippen molar-refractivity contribution < 1.29 is 23.1 Å². The number of hydrogen-bond donors (Lipinski definition) is 0. The summed E-state index contributed by atoms with van der Waals surface area (Å²) in [7, 11) is 1.36. The van der Waals surface area contributed by atoms with E-state index in [1.165, 1.54) is 19.2 Å². The lowest BCUT2D eigenvalue weighted by molar-refractivity contribution is -0.142. The number of benzene rings is 2. The highest BCUT2D eigenvalue weighted by Gasteiger charge is 2.44. The Labute approximate surface area is 228 Å². The second-order valence-electron chi connectivity index (χ2n) is 11.2. The van der Waals surface area contributed by atoms with Crippen molar-refractivity contribution in [3.63, 3.8) is 0 Å². The van der Waals surface area contributed by atoms with Gasteiger partial charge in [0.2, 0.25) is 5.91 Å². The van der Waals surface area contributed by atoms with E-state index in [9.17, 15) is 18.4 Å². The number of rotatable bonds is 5. The second kappa shape index (κ2) is 11.1. The molecule has 3 atom stereocenters. The predicted octanol–water partition coefficient (Wildman–Crippen LogP) is 6.02. The molecule has 204 valence electrons. The van der Waals surface area contributed by atoms with Crippen molar-refractivity contribution in [2.75, 3.05) is 33.3 Å². The summed E-state index contributed by atoms with van der Waals surface area (Å²) in [5.74, 6) is -2.89. The molecule has 0 aromatic heterocycles. The van der Waals surface area contributed by atoms with Crippen molar-refractivity contribution in [2.24, 2.45) is 5.92 Å². The van der Waals surface area contributed by atoms with Gasteiger partial charge in [-0.2, -0.15) is 0 Å². The van der Waals surface area contributed by atoms with E-state index >= 15 is 0 Å². The first kappa shape index (κ1) is 28.2. The molecule has 0 N–H and O–H groups in total. The van der Waals surface area contributed by atoms with Crippen LogP contribution in [-0.4, -0.2) is 60.5 Å². The summed E-state index contributed by atoms with van der Waals surface area (Å²) in [6.45, 7) is 9.96. The molecule has 2 unspecified atom stereocenters. The smallest absolute Gasteiger partial charge is 0.312 e. The van der Waals surface area contributed by atoms with Crippen LogP contribution >= 0.6 is 11.6 Å². The summed E-state index contributed by atoms with van der Waals surface area (Å²) in [5.41, 5.74) is 2.94. The molecule has 2 aromatic rings. The molecule has 4 rings (SSSR count). The summed E-state index contributed by atoms with van der Waals surface area (Å²) >= 11 is 6.24. The number of esters is 1. The monoisotopic (exact) mass is 544 g/mol. The van der Waals surface area contributed by atoms with Gasteiger partial charge in [-0.05, 0) is 74.6 Å². The number of halogens is 3. The highest BCUT2D eigenvalue weighted by Crippen LogP contribution is 2.39. The Kier molecular flexibility index (Phi) is 8.29. The van der Waals surface area contributed by atoms with Crippen LogP contribution in [0.3, 0.4) is 0 Å². The third-order valence-corrected chi connectivity index (χ3v) is 8.08. The maximum Gasteiger partial charge on any atom is 0.312 e. The molecule has 2 heterocycles. The highest BCUT2D eigenvalue weighted by atomic mass is 35.5. The molecular weight excluding hydrogens is 510 g/mol. The second-order valence-corrected chi connectivity index (χ2v) is 11.6. The fraction of sp³-hybridized carbons (Fsp3) is 0.467. The largest absolute Gasteiger partial charge is 0.469 e.